The molecule has 1 aliphatic rings. The van der Waals surface area contributed by atoms with Crippen LogP contribution in [0.5, 0.6) is 0 Å². The van der Waals surface area contributed by atoms with E-state index in [0.717, 1.165) is 11.4 Å². The molecule has 0 radical (unpaired) electrons. The van der Waals surface area contributed by atoms with Gasteiger partial charge in [0.1, 0.15) is 5.69 Å². The third-order valence-electron chi connectivity index (χ3n) is 3.35. The Labute approximate surface area is 108 Å². The molecule has 1 fully saturated rings. The fraction of sp³-hybridized carbons (Fsp3) is 0.417. The summed E-state index contributed by atoms with van der Waals surface area (Å²) in [5.74, 6) is -0.398. The Bertz CT molecular complexity index is 558. The van der Waals surface area contributed by atoms with E-state index in [1.165, 1.54) is 30.6 Å². The molecule has 18 heavy (non-hydrogen) atoms. The zero-order chi connectivity index (χ0) is 12.5. The van der Waals surface area contributed by atoms with E-state index in [2.05, 4.69) is 10.3 Å². The van der Waals surface area contributed by atoms with Crippen molar-refractivity contribution in [3.8, 4) is 10.6 Å². The van der Waals surface area contributed by atoms with Crippen molar-refractivity contribution in [1.29, 1.82) is 0 Å². The predicted octanol–water partition coefficient (Wildman–Crippen LogP) is 2.50. The Morgan fingerprint density at radius 2 is 2.39 bits per heavy atom. The number of aromatic nitrogens is 3. The molecule has 2 aromatic rings. The van der Waals surface area contributed by atoms with E-state index in [1.54, 1.807) is 4.68 Å². The molecule has 3 rings (SSSR count). The summed E-state index contributed by atoms with van der Waals surface area (Å²) in [4.78, 5) is 12.1. The third kappa shape index (κ3) is 1.92. The molecular formula is C12H13N3O2S. The molecule has 6 heteroatoms. The average molecular weight is 263 g/mol. The number of carboxylic acids is 1. The quantitative estimate of drug-likeness (QED) is 0.920. The van der Waals surface area contributed by atoms with Crippen LogP contribution in [0.3, 0.4) is 0 Å². The lowest BCUT2D eigenvalue weighted by atomic mass is 9.85. The Hall–Kier alpha value is -1.69. The largest absolute Gasteiger partial charge is 0.476 e. The second-order valence-corrected chi connectivity index (χ2v) is 5.50. The van der Waals surface area contributed by atoms with Crippen LogP contribution in [0.2, 0.25) is 0 Å². The first kappa shape index (κ1) is 11.4. The highest BCUT2D eigenvalue weighted by Gasteiger charge is 2.25. The van der Waals surface area contributed by atoms with Gasteiger partial charge in [-0.15, -0.1) is 16.4 Å². The van der Waals surface area contributed by atoms with Crippen molar-refractivity contribution in [2.45, 2.75) is 25.8 Å². The summed E-state index contributed by atoms with van der Waals surface area (Å²) in [6.45, 7) is 0.771. The second kappa shape index (κ2) is 4.53. The summed E-state index contributed by atoms with van der Waals surface area (Å²) in [6.07, 6.45) is 3.66. The third-order valence-corrected chi connectivity index (χ3v) is 4.22. The first-order chi connectivity index (χ1) is 8.75. The van der Waals surface area contributed by atoms with Gasteiger partial charge in [-0.05, 0) is 30.2 Å². The maximum atomic E-state index is 11.2. The van der Waals surface area contributed by atoms with Crippen LogP contribution in [0.4, 0.5) is 0 Å². The zero-order valence-electron chi connectivity index (χ0n) is 9.74. The lowest BCUT2D eigenvalue weighted by molar-refractivity contribution is 0.0691. The fourth-order valence-corrected chi connectivity index (χ4v) is 2.94. The number of hydrogen-bond acceptors (Lipinski definition) is 4. The van der Waals surface area contributed by atoms with Crippen molar-refractivity contribution in [2.75, 3.05) is 0 Å². The van der Waals surface area contributed by atoms with Gasteiger partial charge in [-0.1, -0.05) is 17.7 Å². The molecular weight excluding hydrogens is 250 g/mol. The highest BCUT2D eigenvalue weighted by molar-refractivity contribution is 7.13. The maximum Gasteiger partial charge on any atom is 0.358 e. The normalized spacial score (nSPS) is 15.6. The standard InChI is InChI=1S/C12H13N3O2S/c16-12(17)10-11(9-5-2-6-18-9)15(14-13-10)7-8-3-1-4-8/h2,5-6,8H,1,3-4,7H2,(H,16,17). The molecule has 0 spiro atoms. The molecule has 5 nitrogen and oxygen atoms in total. The lowest BCUT2D eigenvalue weighted by Gasteiger charge is -2.25. The van der Waals surface area contributed by atoms with Gasteiger partial charge in [0, 0.05) is 6.54 Å². The summed E-state index contributed by atoms with van der Waals surface area (Å²) in [5.41, 5.74) is 0.696. The Kier molecular flexibility index (Phi) is 2.87. The molecule has 1 saturated carbocycles. The van der Waals surface area contributed by atoms with E-state index >= 15 is 0 Å². The number of aromatic carboxylic acids is 1. The van der Waals surface area contributed by atoms with Crippen LogP contribution in [0, 0.1) is 5.92 Å². The Balaban J connectivity index is 2.00. The molecule has 0 unspecified atom stereocenters. The predicted molar refractivity (Wildman–Crippen MR) is 67.6 cm³/mol. The molecule has 0 atom stereocenters. The minimum atomic E-state index is -1.02. The summed E-state index contributed by atoms with van der Waals surface area (Å²) in [7, 11) is 0. The molecule has 0 saturated heterocycles. The van der Waals surface area contributed by atoms with E-state index < -0.39 is 5.97 Å². The minimum absolute atomic E-state index is 0.0526. The number of carbonyl (C=O) groups is 1. The van der Waals surface area contributed by atoms with Crippen LogP contribution >= 0.6 is 11.3 Å². The molecule has 0 aromatic carbocycles. The summed E-state index contributed by atoms with van der Waals surface area (Å²) < 4.78 is 1.75. The van der Waals surface area contributed by atoms with Gasteiger partial charge >= 0.3 is 5.97 Å². The molecule has 0 amide bonds. The van der Waals surface area contributed by atoms with Gasteiger partial charge < -0.3 is 5.11 Å². The maximum absolute atomic E-state index is 11.2. The SMILES string of the molecule is O=C(O)c1nnn(CC2CCC2)c1-c1cccs1. The Morgan fingerprint density at radius 1 is 1.56 bits per heavy atom. The smallest absolute Gasteiger partial charge is 0.358 e. The lowest BCUT2D eigenvalue weighted by Crippen LogP contribution is -2.19. The van der Waals surface area contributed by atoms with Gasteiger partial charge in [-0.2, -0.15) is 0 Å². The molecule has 2 aromatic heterocycles. The van der Waals surface area contributed by atoms with Crippen molar-refractivity contribution < 1.29 is 9.90 Å². The van der Waals surface area contributed by atoms with Crippen LogP contribution in [-0.4, -0.2) is 26.1 Å². The van der Waals surface area contributed by atoms with Crippen LogP contribution < -0.4 is 0 Å². The van der Waals surface area contributed by atoms with Gasteiger partial charge in [0.15, 0.2) is 5.69 Å². The number of hydrogen-bond donors (Lipinski definition) is 1. The minimum Gasteiger partial charge on any atom is -0.476 e. The average Bonchev–Trinajstić information content (AvgIpc) is 2.91. The topological polar surface area (TPSA) is 68.0 Å². The van der Waals surface area contributed by atoms with Crippen LogP contribution in [0.1, 0.15) is 29.8 Å². The highest BCUT2D eigenvalue weighted by atomic mass is 32.1. The van der Waals surface area contributed by atoms with E-state index in [0.29, 0.717) is 11.6 Å². The molecule has 94 valence electrons. The van der Waals surface area contributed by atoms with Crippen LogP contribution in [0.15, 0.2) is 17.5 Å². The van der Waals surface area contributed by atoms with Crippen molar-refractivity contribution >= 4 is 17.3 Å². The fourth-order valence-electron chi connectivity index (χ4n) is 2.16. The van der Waals surface area contributed by atoms with Crippen molar-refractivity contribution in [1.82, 2.24) is 15.0 Å². The number of rotatable bonds is 4. The highest BCUT2D eigenvalue weighted by Crippen LogP contribution is 2.32. The van der Waals surface area contributed by atoms with E-state index in [4.69, 9.17) is 0 Å². The molecule has 2 heterocycles. The van der Waals surface area contributed by atoms with Crippen LogP contribution in [0.25, 0.3) is 10.6 Å². The first-order valence-electron chi connectivity index (χ1n) is 5.96. The summed E-state index contributed by atoms with van der Waals surface area (Å²) in [6, 6.07) is 3.82. The van der Waals surface area contributed by atoms with Crippen molar-refractivity contribution in [2.24, 2.45) is 5.92 Å². The van der Waals surface area contributed by atoms with Gasteiger partial charge in [0.25, 0.3) is 0 Å². The van der Waals surface area contributed by atoms with Gasteiger partial charge in [0.2, 0.25) is 0 Å². The molecule has 1 N–H and O–H groups in total. The monoisotopic (exact) mass is 263 g/mol. The Morgan fingerprint density at radius 3 is 2.94 bits per heavy atom. The molecule has 1 aliphatic carbocycles. The summed E-state index contributed by atoms with van der Waals surface area (Å²) in [5, 5.41) is 18.9. The van der Waals surface area contributed by atoms with Gasteiger partial charge in [0.05, 0.1) is 4.88 Å². The van der Waals surface area contributed by atoms with E-state index in [1.807, 2.05) is 17.5 Å². The number of carboxylic acid groups (broad SMARTS) is 1. The van der Waals surface area contributed by atoms with E-state index in [-0.39, 0.29) is 5.69 Å². The molecule has 0 bridgehead atoms. The zero-order valence-corrected chi connectivity index (χ0v) is 10.6. The van der Waals surface area contributed by atoms with Crippen molar-refractivity contribution in [3.63, 3.8) is 0 Å². The van der Waals surface area contributed by atoms with Gasteiger partial charge in [-0.3, -0.25) is 0 Å². The summed E-state index contributed by atoms with van der Waals surface area (Å²) >= 11 is 1.51. The molecule has 0 aliphatic heterocycles. The van der Waals surface area contributed by atoms with Crippen molar-refractivity contribution in [3.05, 3.63) is 23.2 Å². The number of nitrogens with zero attached hydrogens (tertiary/aromatic N) is 3. The first-order valence-corrected chi connectivity index (χ1v) is 6.84. The second-order valence-electron chi connectivity index (χ2n) is 4.55. The van der Waals surface area contributed by atoms with Crippen LogP contribution in [-0.2, 0) is 6.54 Å². The number of thiophene rings is 1. The van der Waals surface area contributed by atoms with E-state index in [9.17, 15) is 9.90 Å². The van der Waals surface area contributed by atoms with Gasteiger partial charge in [-0.25, -0.2) is 9.48 Å².